The van der Waals surface area contributed by atoms with Crippen molar-refractivity contribution in [2.45, 2.75) is 30.8 Å². The molecule has 1 aliphatic rings. The summed E-state index contributed by atoms with van der Waals surface area (Å²) in [4.78, 5) is 13.3. The molecule has 0 aliphatic carbocycles. The average Bonchev–Trinajstić information content (AvgIpc) is 2.80. The molecule has 118 valence electrons. The first-order valence-corrected chi connectivity index (χ1v) is 8.14. The van der Waals surface area contributed by atoms with Crippen LogP contribution < -0.4 is 0 Å². The number of carboxylic acids is 1. The molecule has 0 saturated carbocycles. The smallest absolute Gasteiger partial charge is 0.340 e. The molecule has 0 aromatic carbocycles. The van der Waals surface area contributed by atoms with Crippen LogP contribution in [0.15, 0.2) is 5.03 Å². The highest BCUT2D eigenvalue weighted by Crippen LogP contribution is 2.24. The van der Waals surface area contributed by atoms with Crippen LogP contribution in [-0.2, 0) is 10.0 Å². The third kappa shape index (κ3) is 2.94. The fraction of sp³-hybridized carbons (Fsp3) is 0.667. The number of sulfonamides is 1. The van der Waals surface area contributed by atoms with Crippen molar-refractivity contribution in [3.8, 4) is 0 Å². The number of H-pyrrole nitrogens is 1. The molecule has 2 rings (SSSR count). The van der Waals surface area contributed by atoms with E-state index in [0.29, 0.717) is 6.54 Å². The Morgan fingerprint density at radius 2 is 2.19 bits per heavy atom. The van der Waals surface area contributed by atoms with Gasteiger partial charge in [0.2, 0.25) is 5.03 Å². The number of aromatic amines is 1. The Hall–Kier alpha value is -1.45. The number of aromatic carboxylic acids is 1. The summed E-state index contributed by atoms with van der Waals surface area (Å²) in [6.07, 6.45) is 1.66. The number of piperidine rings is 1. The van der Waals surface area contributed by atoms with E-state index in [-0.39, 0.29) is 17.3 Å². The van der Waals surface area contributed by atoms with Crippen LogP contribution in [0.2, 0.25) is 0 Å². The van der Waals surface area contributed by atoms with Gasteiger partial charge in [0, 0.05) is 25.3 Å². The van der Waals surface area contributed by atoms with Gasteiger partial charge in [-0.3, -0.25) is 5.10 Å². The standard InChI is InChI=1S/C12H20N4O4S/c1-8-10(12(17)18)11(14-13-8)21(19,20)16(3)9-5-4-6-15(2)7-9/h9H,4-7H2,1-3H3,(H,13,14)(H,17,18). The molecule has 1 unspecified atom stereocenters. The summed E-state index contributed by atoms with van der Waals surface area (Å²) in [6, 6.07) is -0.174. The lowest BCUT2D eigenvalue weighted by molar-refractivity contribution is 0.0691. The molecule has 1 saturated heterocycles. The summed E-state index contributed by atoms with van der Waals surface area (Å²) in [5.74, 6) is -1.30. The molecule has 1 aliphatic heterocycles. The topological polar surface area (TPSA) is 107 Å². The summed E-state index contributed by atoms with van der Waals surface area (Å²) in [5, 5.41) is 14.9. The first-order valence-electron chi connectivity index (χ1n) is 6.70. The van der Waals surface area contributed by atoms with Gasteiger partial charge in [-0.05, 0) is 33.4 Å². The molecule has 8 nitrogen and oxygen atoms in total. The maximum absolute atomic E-state index is 12.6. The fourth-order valence-corrected chi connectivity index (χ4v) is 4.11. The Morgan fingerprint density at radius 1 is 1.52 bits per heavy atom. The van der Waals surface area contributed by atoms with Gasteiger partial charge in [0.1, 0.15) is 5.56 Å². The van der Waals surface area contributed by atoms with Crippen LogP contribution in [0.1, 0.15) is 28.9 Å². The zero-order valence-corrected chi connectivity index (χ0v) is 13.1. The minimum atomic E-state index is -3.93. The van der Waals surface area contributed by atoms with Crippen LogP contribution in [-0.4, -0.2) is 72.1 Å². The minimum Gasteiger partial charge on any atom is -0.478 e. The predicted octanol–water partition coefficient (Wildman–Crippen LogP) is 0.131. The zero-order valence-electron chi connectivity index (χ0n) is 12.3. The normalized spacial score (nSPS) is 20.9. The number of carboxylic acid groups (broad SMARTS) is 1. The van der Waals surface area contributed by atoms with Gasteiger partial charge in [-0.1, -0.05) is 0 Å². The fourth-order valence-electron chi connectivity index (χ4n) is 2.61. The minimum absolute atomic E-state index is 0.174. The highest BCUT2D eigenvalue weighted by molar-refractivity contribution is 7.89. The lowest BCUT2D eigenvalue weighted by Gasteiger charge is -2.34. The van der Waals surface area contributed by atoms with Crippen LogP contribution in [0.4, 0.5) is 0 Å². The second kappa shape index (κ2) is 5.74. The molecule has 9 heteroatoms. The van der Waals surface area contributed by atoms with E-state index in [1.807, 2.05) is 7.05 Å². The molecule has 0 amide bonds. The maximum Gasteiger partial charge on any atom is 0.340 e. The van der Waals surface area contributed by atoms with Crippen molar-refractivity contribution in [3.05, 3.63) is 11.3 Å². The van der Waals surface area contributed by atoms with Gasteiger partial charge < -0.3 is 10.0 Å². The Kier molecular flexibility index (Phi) is 4.35. The molecule has 1 atom stereocenters. The summed E-state index contributed by atoms with van der Waals surface area (Å²) in [6.45, 7) is 3.05. The highest BCUT2D eigenvalue weighted by Gasteiger charge is 2.36. The van der Waals surface area contributed by atoms with Gasteiger partial charge in [0.05, 0.1) is 0 Å². The molecule has 0 radical (unpaired) electrons. The molecular formula is C12H20N4O4S. The first kappa shape index (κ1) is 15.9. The largest absolute Gasteiger partial charge is 0.478 e. The van der Waals surface area contributed by atoms with E-state index in [1.54, 1.807) is 0 Å². The molecule has 1 aromatic rings. The lowest BCUT2D eigenvalue weighted by atomic mass is 10.1. The Bertz CT molecular complexity index is 640. The van der Waals surface area contributed by atoms with Gasteiger partial charge in [-0.2, -0.15) is 9.40 Å². The molecule has 0 bridgehead atoms. The number of hydrogen-bond donors (Lipinski definition) is 2. The molecule has 1 aromatic heterocycles. The Balaban J connectivity index is 2.35. The van der Waals surface area contributed by atoms with E-state index in [2.05, 4.69) is 15.1 Å². The summed E-state index contributed by atoms with van der Waals surface area (Å²) in [5.41, 5.74) is -0.0544. The first-order chi connectivity index (χ1) is 9.75. The van der Waals surface area contributed by atoms with Gasteiger partial charge in [-0.15, -0.1) is 0 Å². The molecule has 2 heterocycles. The van der Waals surface area contributed by atoms with Crippen LogP contribution in [0.5, 0.6) is 0 Å². The van der Waals surface area contributed by atoms with Gasteiger partial charge in [-0.25, -0.2) is 13.2 Å². The lowest BCUT2D eigenvalue weighted by Crippen LogP contribution is -2.47. The van der Waals surface area contributed by atoms with Crippen molar-refractivity contribution in [3.63, 3.8) is 0 Å². The molecule has 2 N–H and O–H groups in total. The average molecular weight is 316 g/mol. The SMILES string of the molecule is Cc1[nH]nc(S(=O)(=O)N(C)C2CCCN(C)C2)c1C(=O)O. The Labute approximate surface area is 123 Å². The van der Waals surface area contributed by atoms with Crippen LogP contribution in [0, 0.1) is 6.92 Å². The summed E-state index contributed by atoms with van der Waals surface area (Å²) < 4.78 is 26.5. The number of carbonyl (C=O) groups is 1. The highest BCUT2D eigenvalue weighted by atomic mass is 32.2. The monoisotopic (exact) mass is 316 g/mol. The van der Waals surface area contributed by atoms with E-state index >= 15 is 0 Å². The molecular weight excluding hydrogens is 296 g/mol. The van der Waals surface area contributed by atoms with Crippen LogP contribution in [0.25, 0.3) is 0 Å². The third-order valence-corrected chi connectivity index (χ3v) is 5.71. The van der Waals surface area contributed by atoms with Crippen molar-refractivity contribution < 1.29 is 18.3 Å². The quantitative estimate of drug-likeness (QED) is 0.818. The predicted molar refractivity (Wildman–Crippen MR) is 75.8 cm³/mol. The number of aromatic nitrogens is 2. The van der Waals surface area contributed by atoms with Gasteiger partial charge >= 0.3 is 5.97 Å². The number of aryl methyl sites for hydroxylation is 1. The number of likely N-dealkylation sites (tertiary alicyclic amines) is 1. The number of likely N-dealkylation sites (N-methyl/N-ethyl adjacent to an activating group) is 2. The molecule has 21 heavy (non-hydrogen) atoms. The van der Waals surface area contributed by atoms with Crippen molar-refractivity contribution in [1.82, 2.24) is 19.4 Å². The van der Waals surface area contributed by atoms with Crippen molar-refractivity contribution in [1.29, 1.82) is 0 Å². The van der Waals surface area contributed by atoms with Crippen LogP contribution in [0.3, 0.4) is 0 Å². The van der Waals surface area contributed by atoms with E-state index in [1.165, 1.54) is 18.3 Å². The van der Waals surface area contributed by atoms with Crippen molar-refractivity contribution >= 4 is 16.0 Å². The second-order valence-electron chi connectivity index (χ2n) is 5.41. The maximum atomic E-state index is 12.6. The zero-order chi connectivity index (χ0) is 15.8. The Morgan fingerprint density at radius 3 is 2.76 bits per heavy atom. The number of rotatable bonds is 4. The third-order valence-electron chi connectivity index (χ3n) is 3.87. The summed E-state index contributed by atoms with van der Waals surface area (Å²) in [7, 11) is -0.514. The van der Waals surface area contributed by atoms with Gasteiger partial charge in [0.25, 0.3) is 10.0 Å². The van der Waals surface area contributed by atoms with Crippen molar-refractivity contribution in [2.75, 3.05) is 27.2 Å². The molecule has 0 spiro atoms. The summed E-state index contributed by atoms with van der Waals surface area (Å²) >= 11 is 0. The molecule has 1 fully saturated rings. The van der Waals surface area contributed by atoms with E-state index in [4.69, 9.17) is 0 Å². The van der Waals surface area contributed by atoms with Gasteiger partial charge in [0.15, 0.2) is 0 Å². The van der Waals surface area contributed by atoms with Crippen LogP contribution >= 0.6 is 0 Å². The number of hydrogen-bond acceptors (Lipinski definition) is 5. The van der Waals surface area contributed by atoms with E-state index < -0.39 is 21.0 Å². The van der Waals surface area contributed by atoms with E-state index in [0.717, 1.165) is 19.4 Å². The number of nitrogens with zero attached hydrogens (tertiary/aromatic N) is 3. The second-order valence-corrected chi connectivity index (χ2v) is 7.33. The van der Waals surface area contributed by atoms with E-state index in [9.17, 15) is 18.3 Å². The van der Waals surface area contributed by atoms with Crippen molar-refractivity contribution in [2.24, 2.45) is 0 Å². The number of nitrogens with one attached hydrogen (secondary N) is 1.